The minimum absolute atomic E-state index is 0.121. The molecule has 1 aliphatic rings. The molecule has 0 radical (unpaired) electrons. The number of benzene rings is 1. The number of hydrogen-bond acceptors (Lipinski definition) is 2. The number of rotatable bonds is 4. The zero-order valence-corrected chi connectivity index (χ0v) is 12.3. The van der Waals surface area contributed by atoms with Crippen molar-refractivity contribution in [3.05, 3.63) is 60.1 Å². The van der Waals surface area contributed by atoms with E-state index in [0.29, 0.717) is 13.0 Å². The summed E-state index contributed by atoms with van der Waals surface area (Å²) in [5.74, 6) is -0.241. The number of thiocarbonyl (C=S) groups is 1. The van der Waals surface area contributed by atoms with Crippen molar-refractivity contribution < 1.29 is 4.39 Å². The molecule has 1 unspecified atom stereocenters. The third-order valence-electron chi connectivity index (χ3n) is 2.94. The van der Waals surface area contributed by atoms with E-state index in [1.165, 1.54) is 12.1 Å². The molecule has 1 aromatic carbocycles. The Labute approximate surface area is 127 Å². The molecule has 6 heteroatoms. The summed E-state index contributed by atoms with van der Waals surface area (Å²) in [5, 5.41) is 1.99. The van der Waals surface area contributed by atoms with Gasteiger partial charge in [-0.2, -0.15) is 0 Å². The number of allylic oxidation sites excluding steroid dienone is 2. The van der Waals surface area contributed by atoms with Crippen LogP contribution in [0.15, 0.2) is 48.7 Å². The number of halogens is 2. The summed E-state index contributed by atoms with van der Waals surface area (Å²) in [6.45, 7) is 0.601. The third kappa shape index (κ3) is 3.71. The van der Waals surface area contributed by atoms with Crippen LogP contribution in [0.4, 0.5) is 4.39 Å². The highest BCUT2D eigenvalue weighted by Gasteiger charge is 2.31. The van der Waals surface area contributed by atoms with Crippen LogP contribution in [0.1, 0.15) is 5.56 Å². The van der Waals surface area contributed by atoms with Crippen molar-refractivity contribution in [3.63, 3.8) is 0 Å². The van der Waals surface area contributed by atoms with E-state index in [9.17, 15) is 4.39 Å². The van der Waals surface area contributed by atoms with Gasteiger partial charge in [0.05, 0.1) is 0 Å². The van der Waals surface area contributed by atoms with Crippen molar-refractivity contribution in [2.75, 3.05) is 6.54 Å². The summed E-state index contributed by atoms with van der Waals surface area (Å²) in [5.41, 5.74) is 6.40. The Morgan fingerprint density at radius 1 is 1.45 bits per heavy atom. The predicted molar refractivity (Wildman–Crippen MR) is 83.6 cm³/mol. The Bertz CT molecular complexity index is 561. The molecule has 0 bridgehead atoms. The Morgan fingerprint density at radius 3 is 2.95 bits per heavy atom. The first-order valence-corrected chi connectivity index (χ1v) is 6.92. The SMILES string of the molecule is NC(=S)NC1(Cl)C=CC=CN1CCc1cccc(F)c1. The molecule has 0 aromatic heterocycles. The Kier molecular flexibility index (Phi) is 4.62. The predicted octanol–water partition coefficient (Wildman–Crippen LogP) is 2.48. The van der Waals surface area contributed by atoms with Gasteiger partial charge >= 0.3 is 0 Å². The minimum atomic E-state index is -0.978. The minimum Gasteiger partial charge on any atom is -0.376 e. The van der Waals surface area contributed by atoms with E-state index in [0.717, 1.165) is 5.56 Å². The highest BCUT2D eigenvalue weighted by atomic mass is 35.5. The fraction of sp³-hybridized carbons (Fsp3) is 0.214. The second-order valence-corrected chi connectivity index (χ2v) is 5.45. The maximum absolute atomic E-state index is 13.1. The molecule has 1 aromatic rings. The average Bonchev–Trinajstić information content (AvgIpc) is 2.36. The topological polar surface area (TPSA) is 41.3 Å². The van der Waals surface area contributed by atoms with Crippen molar-refractivity contribution >= 4 is 28.9 Å². The second kappa shape index (κ2) is 6.24. The molecule has 0 saturated carbocycles. The van der Waals surface area contributed by atoms with Gasteiger partial charge in [0.15, 0.2) is 5.11 Å². The lowest BCUT2D eigenvalue weighted by molar-refractivity contribution is 0.264. The summed E-state index contributed by atoms with van der Waals surface area (Å²) >= 11 is 11.3. The summed E-state index contributed by atoms with van der Waals surface area (Å²) < 4.78 is 13.1. The lowest BCUT2D eigenvalue weighted by Crippen LogP contribution is -2.56. The van der Waals surface area contributed by atoms with Crippen LogP contribution < -0.4 is 11.1 Å². The van der Waals surface area contributed by atoms with Gasteiger partial charge in [-0.05, 0) is 48.5 Å². The van der Waals surface area contributed by atoms with E-state index in [1.54, 1.807) is 12.1 Å². The van der Waals surface area contributed by atoms with Gasteiger partial charge in [-0.15, -0.1) is 0 Å². The van der Waals surface area contributed by atoms with Crippen LogP contribution in [0.5, 0.6) is 0 Å². The molecule has 1 aliphatic heterocycles. The van der Waals surface area contributed by atoms with E-state index in [-0.39, 0.29) is 10.9 Å². The lowest BCUT2D eigenvalue weighted by Gasteiger charge is -2.38. The molecule has 20 heavy (non-hydrogen) atoms. The van der Waals surface area contributed by atoms with Crippen LogP contribution in [0.3, 0.4) is 0 Å². The van der Waals surface area contributed by atoms with Gasteiger partial charge in [0.25, 0.3) is 0 Å². The molecule has 2 rings (SSSR count). The first-order valence-electron chi connectivity index (χ1n) is 6.13. The van der Waals surface area contributed by atoms with E-state index < -0.39 is 5.12 Å². The fourth-order valence-corrected chi connectivity index (χ4v) is 2.53. The van der Waals surface area contributed by atoms with E-state index in [1.807, 2.05) is 29.3 Å². The molecule has 106 valence electrons. The second-order valence-electron chi connectivity index (χ2n) is 4.44. The van der Waals surface area contributed by atoms with Crippen molar-refractivity contribution in [3.8, 4) is 0 Å². The standard InChI is InChI=1S/C14H15ClFN3S/c15-14(18-13(17)20)7-1-2-8-19(14)9-6-11-4-3-5-12(16)10-11/h1-5,7-8,10H,6,9H2,(H3,17,18,20). The van der Waals surface area contributed by atoms with Gasteiger partial charge in [-0.25, -0.2) is 4.39 Å². The molecule has 0 saturated heterocycles. The lowest BCUT2D eigenvalue weighted by atomic mass is 10.1. The summed E-state index contributed by atoms with van der Waals surface area (Å²) in [4.78, 5) is 1.86. The van der Waals surface area contributed by atoms with Gasteiger partial charge in [-0.1, -0.05) is 29.8 Å². The largest absolute Gasteiger partial charge is 0.376 e. The van der Waals surface area contributed by atoms with Crippen LogP contribution in [0.25, 0.3) is 0 Å². The molecule has 3 nitrogen and oxygen atoms in total. The van der Waals surface area contributed by atoms with E-state index in [4.69, 9.17) is 29.6 Å². The zero-order valence-electron chi connectivity index (χ0n) is 10.7. The van der Waals surface area contributed by atoms with Crippen LogP contribution in [-0.2, 0) is 6.42 Å². The van der Waals surface area contributed by atoms with Gasteiger partial charge in [0, 0.05) is 12.7 Å². The number of alkyl halides is 1. The van der Waals surface area contributed by atoms with Crippen molar-refractivity contribution in [2.24, 2.45) is 5.73 Å². The average molecular weight is 312 g/mol. The number of hydrogen-bond donors (Lipinski definition) is 2. The van der Waals surface area contributed by atoms with Gasteiger partial charge in [0.2, 0.25) is 5.12 Å². The summed E-state index contributed by atoms with van der Waals surface area (Å²) in [6, 6.07) is 6.51. The number of nitrogens with one attached hydrogen (secondary N) is 1. The quantitative estimate of drug-likeness (QED) is 0.509. The van der Waals surface area contributed by atoms with Crippen molar-refractivity contribution in [2.45, 2.75) is 11.5 Å². The highest BCUT2D eigenvalue weighted by molar-refractivity contribution is 7.80. The first-order chi connectivity index (χ1) is 9.49. The Balaban J connectivity index is 2.05. The number of nitrogens with two attached hydrogens (primary N) is 1. The van der Waals surface area contributed by atoms with Crippen molar-refractivity contribution in [1.29, 1.82) is 0 Å². The van der Waals surface area contributed by atoms with Gasteiger partial charge < -0.3 is 16.0 Å². The van der Waals surface area contributed by atoms with Crippen LogP contribution >= 0.6 is 23.8 Å². The Hall–Kier alpha value is -1.59. The molecular formula is C14H15ClFN3S. The first kappa shape index (κ1) is 14.8. The normalized spacial score (nSPS) is 21.0. The summed E-state index contributed by atoms with van der Waals surface area (Å²) in [6.07, 6.45) is 7.95. The molecule has 0 aliphatic carbocycles. The molecule has 1 atom stereocenters. The summed E-state index contributed by atoms with van der Waals surface area (Å²) in [7, 11) is 0. The molecule has 0 amide bonds. The zero-order chi connectivity index (χ0) is 14.6. The van der Waals surface area contributed by atoms with Crippen molar-refractivity contribution in [1.82, 2.24) is 10.2 Å². The van der Waals surface area contributed by atoms with E-state index in [2.05, 4.69) is 5.32 Å². The van der Waals surface area contributed by atoms with Crippen LogP contribution in [0, 0.1) is 5.82 Å². The molecule has 0 fully saturated rings. The van der Waals surface area contributed by atoms with Gasteiger partial charge in [-0.3, -0.25) is 0 Å². The van der Waals surface area contributed by atoms with Gasteiger partial charge in [0.1, 0.15) is 5.82 Å². The molecule has 0 spiro atoms. The van der Waals surface area contributed by atoms with Crippen LogP contribution in [0.2, 0.25) is 0 Å². The monoisotopic (exact) mass is 311 g/mol. The fourth-order valence-electron chi connectivity index (χ4n) is 2.01. The maximum Gasteiger partial charge on any atom is 0.210 e. The molecular weight excluding hydrogens is 297 g/mol. The van der Waals surface area contributed by atoms with Crippen LogP contribution in [-0.4, -0.2) is 21.7 Å². The Morgan fingerprint density at radius 2 is 2.25 bits per heavy atom. The maximum atomic E-state index is 13.1. The highest BCUT2D eigenvalue weighted by Crippen LogP contribution is 2.23. The smallest absolute Gasteiger partial charge is 0.210 e. The number of nitrogens with zero attached hydrogens (tertiary/aromatic N) is 1. The van der Waals surface area contributed by atoms with E-state index >= 15 is 0 Å². The molecule has 3 N–H and O–H groups in total. The molecule has 1 heterocycles. The third-order valence-corrected chi connectivity index (χ3v) is 3.48.